The third kappa shape index (κ3) is 6.10. The van der Waals surface area contributed by atoms with Crippen LogP contribution in [0.5, 0.6) is 0 Å². The summed E-state index contributed by atoms with van der Waals surface area (Å²) in [5.74, 6) is 2.54. The van der Waals surface area contributed by atoms with Crippen molar-refractivity contribution in [3.63, 3.8) is 0 Å². The minimum atomic E-state index is 0.726. The van der Waals surface area contributed by atoms with Crippen LogP contribution in [-0.4, -0.2) is 44.3 Å². The third-order valence-electron chi connectivity index (χ3n) is 5.98. The van der Waals surface area contributed by atoms with Gasteiger partial charge < -0.3 is 0 Å². The molecule has 0 aromatic carbocycles. The van der Waals surface area contributed by atoms with Crippen molar-refractivity contribution >= 4 is 23.9 Å². The van der Waals surface area contributed by atoms with Crippen molar-refractivity contribution in [3.8, 4) is 0 Å². The lowest BCUT2D eigenvalue weighted by molar-refractivity contribution is 0.281. The van der Waals surface area contributed by atoms with Crippen LogP contribution in [0.2, 0.25) is 0 Å². The highest BCUT2D eigenvalue weighted by molar-refractivity contribution is 8.00. The maximum atomic E-state index is 2.76. The second kappa shape index (κ2) is 11.4. The molecule has 24 heavy (non-hydrogen) atoms. The molecule has 0 bridgehead atoms. The molecule has 0 N–H and O–H groups in total. The molecule has 2 aliphatic rings. The van der Waals surface area contributed by atoms with Crippen molar-refractivity contribution in [2.75, 3.05) is 11.5 Å². The largest absolute Gasteiger partial charge is 0.245 e. The van der Waals surface area contributed by atoms with Crippen LogP contribution in [0.1, 0.15) is 91.9 Å². The molecule has 2 nitrogen and oxygen atoms in total. The average molecular weight is 373 g/mol. The van der Waals surface area contributed by atoms with Gasteiger partial charge in [-0.15, -0.1) is 0 Å². The molecule has 0 saturated heterocycles. The summed E-state index contributed by atoms with van der Waals surface area (Å²) in [6.45, 7) is 9.52. The highest BCUT2D eigenvalue weighted by Gasteiger charge is 2.28. The van der Waals surface area contributed by atoms with Crippen molar-refractivity contribution in [1.82, 2.24) is 8.61 Å². The van der Waals surface area contributed by atoms with Crippen LogP contribution in [0.4, 0.5) is 0 Å². The van der Waals surface area contributed by atoms with E-state index in [4.69, 9.17) is 0 Å². The van der Waals surface area contributed by atoms with E-state index in [0.29, 0.717) is 0 Å². The maximum Gasteiger partial charge on any atom is 0.0205 e. The second-order valence-corrected chi connectivity index (χ2v) is 9.95. The van der Waals surface area contributed by atoms with Crippen LogP contribution in [0, 0.1) is 0 Å². The van der Waals surface area contributed by atoms with E-state index in [1.165, 1.54) is 75.7 Å². The lowest BCUT2D eigenvalue weighted by atomic mass is 10.2. The summed E-state index contributed by atoms with van der Waals surface area (Å²) in [7, 11) is 0. The quantitative estimate of drug-likeness (QED) is 0.307. The molecular weight excluding hydrogens is 332 g/mol. The average Bonchev–Trinajstić information content (AvgIpc) is 3.30. The first-order valence-corrected chi connectivity index (χ1v) is 12.4. The van der Waals surface area contributed by atoms with E-state index >= 15 is 0 Å². The number of hydrogen-bond acceptors (Lipinski definition) is 4. The van der Waals surface area contributed by atoms with Crippen LogP contribution in [0.15, 0.2) is 0 Å². The zero-order chi connectivity index (χ0) is 17.4. The summed E-state index contributed by atoms with van der Waals surface area (Å²) in [5.41, 5.74) is 0. The van der Waals surface area contributed by atoms with Crippen LogP contribution < -0.4 is 0 Å². The molecule has 2 atom stereocenters. The van der Waals surface area contributed by atoms with E-state index in [1.807, 2.05) is 0 Å². The Morgan fingerprint density at radius 2 is 1.04 bits per heavy atom. The molecule has 2 fully saturated rings. The van der Waals surface area contributed by atoms with Crippen molar-refractivity contribution in [2.45, 2.75) is 116 Å². The number of nitrogens with zero attached hydrogens (tertiary/aromatic N) is 2. The Morgan fingerprint density at radius 3 is 1.33 bits per heavy atom. The molecule has 0 aromatic rings. The number of rotatable bonds is 11. The van der Waals surface area contributed by atoms with Gasteiger partial charge in [-0.2, -0.15) is 0 Å². The first-order chi connectivity index (χ1) is 11.7. The van der Waals surface area contributed by atoms with Gasteiger partial charge in [0.05, 0.1) is 0 Å². The van der Waals surface area contributed by atoms with Crippen LogP contribution in [-0.2, 0) is 0 Å². The van der Waals surface area contributed by atoms with E-state index < -0.39 is 0 Å². The molecule has 0 amide bonds. The molecule has 0 aromatic heterocycles. The molecular formula is C20H40N2S2. The SMILES string of the molecule is CCC(C)N(SCCSN(C(C)CC)C1CCCC1)C1CCCC1. The van der Waals surface area contributed by atoms with Gasteiger partial charge in [-0.25, -0.2) is 8.61 Å². The highest BCUT2D eigenvalue weighted by atomic mass is 32.2. The molecule has 0 radical (unpaired) electrons. The Hall–Kier alpha value is 0.620. The fourth-order valence-corrected chi connectivity index (χ4v) is 6.82. The van der Waals surface area contributed by atoms with Crippen molar-refractivity contribution in [1.29, 1.82) is 0 Å². The molecule has 2 unspecified atom stereocenters. The predicted octanol–water partition coefficient (Wildman–Crippen LogP) is 6.37. The standard InChI is InChI=1S/C20H40N2S2/c1-5-17(3)21(19-11-7-8-12-19)23-15-16-24-22(18(4)6-2)20-13-9-10-14-20/h17-20H,5-16H2,1-4H3. The summed E-state index contributed by atoms with van der Waals surface area (Å²) in [4.78, 5) is 0. The Morgan fingerprint density at radius 1 is 0.708 bits per heavy atom. The zero-order valence-corrected chi connectivity index (χ0v) is 18.1. The Kier molecular flexibility index (Phi) is 9.90. The summed E-state index contributed by atoms with van der Waals surface area (Å²) in [5, 5.41) is 0. The molecule has 2 aliphatic carbocycles. The van der Waals surface area contributed by atoms with E-state index in [-0.39, 0.29) is 0 Å². The topological polar surface area (TPSA) is 6.48 Å². The van der Waals surface area contributed by atoms with Gasteiger partial charge in [-0.05, 0) is 52.4 Å². The van der Waals surface area contributed by atoms with Crippen molar-refractivity contribution in [2.24, 2.45) is 0 Å². The lowest BCUT2D eigenvalue weighted by Crippen LogP contribution is -2.36. The van der Waals surface area contributed by atoms with Gasteiger partial charge in [-0.3, -0.25) is 0 Å². The van der Waals surface area contributed by atoms with Gasteiger partial charge in [0.1, 0.15) is 0 Å². The Bertz CT molecular complexity index is 296. The smallest absolute Gasteiger partial charge is 0.0205 e. The fraction of sp³-hybridized carbons (Fsp3) is 1.00. The predicted molar refractivity (Wildman–Crippen MR) is 113 cm³/mol. The Labute approximate surface area is 160 Å². The third-order valence-corrected chi connectivity index (χ3v) is 8.93. The van der Waals surface area contributed by atoms with Gasteiger partial charge in [-0.1, -0.05) is 63.4 Å². The normalized spacial score (nSPS) is 22.8. The van der Waals surface area contributed by atoms with Crippen molar-refractivity contribution in [3.05, 3.63) is 0 Å². The summed E-state index contributed by atoms with van der Waals surface area (Å²) >= 11 is 4.28. The van der Waals surface area contributed by atoms with Crippen LogP contribution >= 0.6 is 23.9 Å². The van der Waals surface area contributed by atoms with Gasteiger partial charge >= 0.3 is 0 Å². The van der Waals surface area contributed by atoms with E-state index in [0.717, 1.165) is 24.2 Å². The molecule has 0 heterocycles. The molecule has 0 spiro atoms. The van der Waals surface area contributed by atoms with E-state index in [1.54, 1.807) is 0 Å². The van der Waals surface area contributed by atoms with Gasteiger partial charge in [0.25, 0.3) is 0 Å². The van der Waals surface area contributed by atoms with Gasteiger partial charge in [0, 0.05) is 35.7 Å². The minimum Gasteiger partial charge on any atom is -0.245 e. The second-order valence-electron chi connectivity index (χ2n) is 7.78. The Balaban J connectivity index is 1.77. The lowest BCUT2D eigenvalue weighted by Gasteiger charge is -2.34. The van der Waals surface area contributed by atoms with Crippen LogP contribution in [0.3, 0.4) is 0 Å². The molecule has 2 rings (SSSR count). The first kappa shape index (κ1) is 20.9. The van der Waals surface area contributed by atoms with Crippen molar-refractivity contribution < 1.29 is 0 Å². The summed E-state index contributed by atoms with van der Waals surface area (Å²) in [6.07, 6.45) is 14.0. The minimum absolute atomic E-state index is 0.726. The zero-order valence-electron chi connectivity index (χ0n) is 16.5. The van der Waals surface area contributed by atoms with Gasteiger partial charge in [0.15, 0.2) is 0 Å². The van der Waals surface area contributed by atoms with Gasteiger partial charge in [0.2, 0.25) is 0 Å². The highest BCUT2D eigenvalue weighted by Crippen LogP contribution is 2.34. The molecule has 142 valence electrons. The van der Waals surface area contributed by atoms with E-state index in [2.05, 4.69) is 60.2 Å². The number of hydrogen-bond donors (Lipinski definition) is 0. The monoisotopic (exact) mass is 372 g/mol. The molecule has 0 aliphatic heterocycles. The molecule has 4 heteroatoms. The summed E-state index contributed by atoms with van der Waals surface area (Å²) in [6, 6.07) is 3.14. The van der Waals surface area contributed by atoms with E-state index in [9.17, 15) is 0 Å². The first-order valence-electron chi connectivity index (χ1n) is 10.5. The fourth-order valence-electron chi connectivity index (χ4n) is 4.15. The molecule has 2 saturated carbocycles. The maximum absolute atomic E-state index is 2.76. The summed E-state index contributed by atoms with van der Waals surface area (Å²) < 4.78 is 5.52. The van der Waals surface area contributed by atoms with Crippen LogP contribution in [0.25, 0.3) is 0 Å².